The molecule has 0 amide bonds. The van der Waals surface area contributed by atoms with Crippen molar-refractivity contribution in [2.24, 2.45) is 5.92 Å². The van der Waals surface area contributed by atoms with Crippen LogP contribution in [0.4, 0.5) is 13.2 Å². The van der Waals surface area contributed by atoms with Crippen LogP contribution < -0.4 is 10.3 Å². The van der Waals surface area contributed by atoms with E-state index in [2.05, 4.69) is 10.1 Å². The average molecular weight is 471 g/mol. The lowest BCUT2D eigenvalue weighted by atomic mass is 10.1. The molecule has 2 aromatic carbocycles. The van der Waals surface area contributed by atoms with Crippen LogP contribution in [0.25, 0.3) is 21.7 Å². The molecule has 0 bridgehead atoms. The van der Waals surface area contributed by atoms with Gasteiger partial charge in [0.05, 0.1) is 23.3 Å². The van der Waals surface area contributed by atoms with Crippen LogP contribution in [0.2, 0.25) is 0 Å². The van der Waals surface area contributed by atoms with Crippen molar-refractivity contribution in [1.29, 1.82) is 0 Å². The van der Waals surface area contributed by atoms with Gasteiger partial charge in [0, 0.05) is 34.5 Å². The molecule has 34 heavy (non-hydrogen) atoms. The van der Waals surface area contributed by atoms with Crippen LogP contribution in [0.5, 0.6) is 5.75 Å². The highest BCUT2D eigenvalue weighted by Crippen LogP contribution is 2.40. The maximum Gasteiger partial charge on any atom is 0.419 e. The molecule has 2 N–H and O–H groups in total. The van der Waals surface area contributed by atoms with Crippen molar-refractivity contribution in [3.63, 3.8) is 0 Å². The van der Waals surface area contributed by atoms with Gasteiger partial charge in [0.2, 0.25) is 0 Å². The number of carboxylic acid groups (broad SMARTS) is 1. The second-order valence-electron chi connectivity index (χ2n) is 8.51. The summed E-state index contributed by atoms with van der Waals surface area (Å²) < 4.78 is 47.3. The monoisotopic (exact) mass is 471 g/mol. The van der Waals surface area contributed by atoms with Crippen molar-refractivity contribution in [2.45, 2.75) is 32.0 Å². The third-order valence-electron chi connectivity index (χ3n) is 5.84. The topological polar surface area (TPSA) is 97.2 Å². The number of hydrogen-bond acceptors (Lipinski definition) is 4. The smallest absolute Gasteiger partial charge is 0.419 e. The van der Waals surface area contributed by atoms with E-state index in [0.717, 1.165) is 23.6 Å². The Hall–Kier alpha value is -3.82. The SMILES string of the molecule is O=C(O)Cn1nc(Cc2cc3cc(C(F)(F)F)c(OCC4CC4)cc3[nH]2)c2ccccc2c1=O. The molecule has 0 unspecified atom stereocenters. The van der Waals surface area contributed by atoms with Gasteiger partial charge in [-0.05, 0) is 37.0 Å². The highest BCUT2D eigenvalue weighted by molar-refractivity contribution is 5.86. The predicted molar refractivity (Wildman–Crippen MR) is 118 cm³/mol. The summed E-state index contributed by atoms with van der Waals surface area (Å²) in [5.74, 6) is -1.12. The Labute approximate surface area is 190 Å². The van der Waals surface area contributed by atoms with Gasteiger partial charge in [0.1, 0.15) is 12.3 Å². The van der Waals surface area contributed by atoms with Crippen molar-refractivity contribution in [3.05, 3.63) is 69.8 Å². The molecule has 10 heteroatoms. The van der Waals surface area contributed by atoms with Crippen molar-refractivity contribution in [2.75, 3.05) is 6.61 Å². The lowest BCUT2D eigenvalue weighted by molar-refractivity contribution is -0.139. The van der Waals surface area contributed by atoms with Crippen LogP contribution >= 0.6 is 0 Å². The molecule has 1 saturated carbocycles. The highest BCUT2D eigenvalue weighted by atomic mass is 19.4. The highest BCUT2D eigenvalue weighted by Gasteiger charge is 2.35. The van der Waals surface area contributed by atoms with Crippen molar-refractivity contribution in [3.8, 4) is 5.75 Å². The molecule has 2 heterocycles. The molecule has 1 aliphatic carbocycles. The number of fused-ring (bicyclic) bond motifs is 2. The third-order valence-corrected chi connectivity index (χ3v) is 5.84. The molecule has 7 nitrogen and oxygen atoms in total. The standard InChI is InChI=1S/C24H20F3N3O4/c25-24(26,27)18-8-14-7-15(28-19(14)10-21(18)34-12-13-5-6-13)9-20-16-3-1-2-4-17(16)23(33)30(29-20)11-22(31)32/h1-4,7-8,10,13,28H,5-6,9,11-12H2,(H,31,32). The zero-order chi connectivity index (χ0) is 24.0. The average Bonchev–Trinajstić information content (AvgIpc) is 3.52. The molecule has 2 aromatic heterocycles. The number of aromatic amines is 1. The van der Waals surface area contributed by atoms with E-state index in [1.165, 1.54) is 6.07 Å². The number of rotatable bonds is 7. The Morgan fingerprint density at radius 3 is 2.59 bits per heavy atom. The van der Waals surface area contributed by atoms with Gasteiger partial charge in [-0.25, -0.2) is 4.68 Å². The lowest BCUT2D eigenvalue weighted by Gasteiger charge is -2.14. The van der Waals surface area contributed by atoms with Gasteiger partial charge in [-0.3, -0.25) is 9.59 Å². The van der Waals surface area contributed by atoms with E-state index in [-0.39, 0.29) is 18.8 Å². The fraction of sp³-hybridized carbons (Fsp3) is 0.292. The molecule has 0 aliphatic heterocycles. The molecule has 0 radical (unpaired) electrons. The van der Waals surface area contributed by atoms with Crippen LogP contribution in [0.3, 0.4) is 0 Å². The Bertz CT molecular complexity index is 1470. The zero-order valence-corrected chi connectivity index (χ0v) is 17.9. The molecule has 0 saturated heterocycles. The van der Waals surface area contributed by atoms with E-state index in [9.17, 15) is 22.8 Å². The molecule has 0 atom stereocenters. The summed E-state index contributed by atoms with van der Waals surface area (Å²) in [4.78, 5) is 26.9. The van der Waals surface area contributed by atoms with E-state index < -0.39 is 29.8 Å². The molecular weight excluding hydrogens is 451 g/mol. The van der Waals surface area contributed by atoms with E-state index >= 15 is 0 Å². The Morgan fingerprint density at radius 1 is 1.18 bits per heavy atom. The maximum absolute atomic E-state index is 13.7. The van der Waals surface area contributed by atoms with Crippen molar-refractivity contribution < 1.29 is 27.8 Å². The fourth-order valence-electron chi connectivity index (χ4n) is 4.00. The first kappa shape index (κ1) is 22.0. The molecule has 1 fully saturated rings. The van der Waals surface area contributed by atoms with Crippen LogP contribution in [-0.4, -0.2) is 32.4 Å². The van der Waals surface area contributed by atoms with Crippen LogP contribution in [-0.2, 0) is 23.9 Å². The van der Waals surface area contributed by atoms with E-state index in [0.29, 0.717) is 39.0 Å². The number of halogens is 3. The molecule has 5 rings (SSSR count). The Morgan fingerprint density at radius 2 is 1.91 bits per heavy atom. The summed E-state index contributed by atoms with van der Waals surface area (Å²) in [6.07, 6.45) is -2.48. The van der Waals surface area contributed by atoms with E-state index in [4.69, 9.17) is 9.84 Å². The minimum atomic E-state index is -4.56. The minimum Gasteiger partial charge on any atom is -0.493 e. The van der Waals surface area contributed by atoms with Crippen LogP contribution in [0.15, 0.2) is 47.3 Å². The van der Waals surface area contributed by atoms with Gasteiger partial charge in [-0.2, -0.15) is 18.3 Å². The first-order valence-corrected chi connectivity index (χ1v) is 10.7. The van der Waals surface area contributed by atoms with E-state index in [1.54, 1.807) is 30.3 Å². The zero-order valence-electron chi connectivity index (χ0n) is 17.9. The molecule has 4 aromatic rings. The summed E-state index contributed by atoms with van der Waals surface area (Å²) in [7, 11) is 0. The van der Waals surface area contributed by atoms with Crippen molar-refractivity contribution >= 4 is 27.6 Å². The summed E-state index contributed by atoms with van der Waals surface area (Å²) in [5.41, 5.74) is 0.136. The van der Waals surface area contributed by atoms with Gasteiger partial charge in [0.15, 0.2) is 0 Å². The number of alkyl halides is 3. The van der Waals surface area contributed by atoms with Gasteiger partial charge in [-0.15, -0.1) is 0 Å². The number of aromatic nitrogens is 3. The Balaban J connectivity index is 1.55. The lowest BCUT2D eigenvalue weighted by Crippen LogP contribution is -2.28. The first-order chi connectivity index (χ1) is 16.2. The van der Waals surface area contributed by atoms with Gasteiger partial charge >= 0.3 is 12.1 Å². The largest absolute Gasteiger partial charge is 0.493 e. The van der Waals surface area contributed by atoms with E-state index in [1.807, 2.05) is 0 Å². The summed E-state index contributed by atoms with van der Waals surface area (Å²) >= 11 is 0. The number of carboxylic acids is 1. The fourth-order valence-corrected chi connectivity index (χ4v) is 4.00. The van der Waals surface area contributed by atoms with Crippen LogP contribution in [0, 0.1) is 5.92 Å². The van der Waals surface area contributed by atoms with Crippen LogP contribution in [0.1, 0.15) is 29.8 Å². The quantitative estimate of drug-likeness (QED) is 0.418. The Kier molecular flexibility index (Phi) is 5.30. The molecular formula is C24H20F3N3O4. The predicted octanol–water partition coefficient (Wildman–Crippen LogP) is 4.36. The number of nitrogens with one attached hydrogen (secondary N) is 1. The van der Waals surface area contributed by atoms with Crippen molar-refractivity contribution in [1.82, 2.24) is 14.8 Å². The molecule has 1 aliphatic rings. The minimum absolute atomic E-state index is 0.161. The number of aliphatic carboxylic acids is 1. The van der Waals surface area contributed by atoms with Gasteiger partial charge in [0.25, 0.3) is 5.56 Å². The number of H-pyrrole nitrogens is 1. The number of benzene rings is 2. The molecule has 176 valence electrons. The second-order valence-corrected chi connectivity index (χ2v) is 8.51. The summed E-state index contributed by atoms with van der Waals surface area (Å²) in [6.45, 7) is -0.344. The van der Waals surface area contributed by atoms with Gasteiger partial charge < -0.3 is 14.8 Å². The normalized spacial score (nSPS) is 14.1. The first-order valence-electron chi connectivity index (χ1n) is 10.7. The second kappa shape index (κ2) is 8.19. The summed E-state index contributed by atoms with van der Waals surface area (Å²) in [6, 6.07) is 10.7. The van der Waals surface area contributed by atoms with Gasteiger partial charge in [-0.1, -0.05) is 18.2 Å². The maximum atomic E-state index is 13.7. The third kappa shape index (κ3) is 4.35. The number of ether oxygens (including phenoxy) is 1. The summed E-state index contributed by atoms with van der Waals surface area (Å²) in [5, 5.41) is 14.6. The molecule has 0 spiro atoms. The number of carbonyl (C=O) groups is 1. The number of nitrogens with zero attached hydrogens (tertiary/aromatic N) is 2. The number of hydrogen-bond donors (Lipinski definition) is 2.